The van der Waals surface area contributed by atoms with Gasteiger partial charge in [0.1, 0.15) is 6.04 Å². The summed E-state index contributed by atoms with van der Waals surface area (Å²) in [4.78, 5) is 2.69. The highest BCUT2D eigenvalue weighted by Crippen LogP contribution is 2.21. The molecule has 1 aromatic rings. The van der Waals surface area contributed by atoms with Crippen molar-refractivity contribution in [2.24, 2.45) is 5.11 Å². The number of azide groups is 1. The van der Waals surface area contributed by atoms with Gasteiger partial charge in [0.15, 0.2) is 0 Å². The molecule has 0 saturated heterocycles. The number of nitrogens with one attached hydrogen (secondary N) is 1. The number of benzene rings is 1. The van der Waals surface area contributed by atoms with E-state index in [0.29, 0.717) is 13.1 Å². The van der Waals surface area contributed by atoms with Crippen LogP contribution in [0.1, 0.15) is 29.2 Å². The quantitative estimate of drug-likeness (QED) is 0.360. The van der Waals surface area contributed by atoms with Crippen LogP contribution in [-0.2, 0) is 0 Å². The normalized spacial score (nSPS) is 11.4. The molecule has 5 nitrogen and oxygen atoms in total. The summed E-state index contributed by atoms with van der Waals surface area (Å²) >= 11 is 0. The van der Waals surface area contributed by atoms with E-state index < -0.39 is 0 Å². The molecule has 0 heterocycles. The van der Waals surface area contributed by atoms with Crippen molar-refractivity contribution < 1.29 is 0 Å². The van der Waals surface area contributed by atoms with Gasteiger partial charge in [-0.1, -0.05) is 23.3 Å². The van der Waals surface area contributed by atoms with E-state index in [1.807, 2.05) is 32.0 Å². The zero-order valence-electron chi connectivity index (χ0n) is 10.7. The Labute approximate surface area is 107 Å². The van der Waals surface area contributed by atoms with E-state index in [1.165, 1.54) is 0 Å². The molecule has 1 atom stereocenters. The molecule has 0 spiro atoms. The van der Waals surface area contributed by atoms with Crippen LogP contribution in [0.5, 0.6) is 0 Å². The third-order valence-electron chi connectivity index (χ3n) is 2.81. The maximum Gasteiger partial charge on any atom is 0.121 e. The van der Waals surface area contributed by atoms with Gasteiger partial charge in [-0.3, -0.25) is 5.32 Å². The van der Waals surface area contributed by atoms with Crippen molar-refractivity contribution in [2.45, 2.75) is 26.3 Å². The van der Waals surface area contributed by atoms with E-state index in [4.69, 9.17) is 5.53 Å². The second-order valence-electron chi connectivity index (χ2n) is 4.13. The van der Waals surface area contributed by atoms with Crippen molar-refractivity contribution in [1.29, 1.82) is 5.26 Å². The molecular formula is C13H17N5. The summed E-state index contributed by atoms with van der Waals surface area (Å²) in [5, 5.41) is 15.9. The second kappa shape index (κ2) is 7.33. The molecule has 0 fully saturated rings. The van der Waals surface area contributed by atoms with Crippen molar-refractivity contribution >= 4 is 0 Å². The van der Waals surface area contributed by atoms with Gasteiger partial charge in [-0.15, -0.1) is 0 Å². The van der Waals surface area contributed by atoms with E-state index in [-0.39, 0.29) is 6.04 Å². The Bertz CT molecular complexity index is 462. The summed E-state index contributed by atoms with van der Waals surface area (Å²) in [5.74, 6) is 0. The Morgan fingerprint density at radius 3 is 2.67 bits per heavy atom. The van der Waals surface area contributed by atoms with Crippen molar-refractivity contribution in [3.05, 3.63) is 45.3 Å². The maximum atomic E-state index is 9.24. The first kappa shape index (κ1) is 14.0. The number of nitrogens with zero attached hydrogens (tertiary/aromatic N) is 4. The van der Waals surface area contributed by atoms with Gasteiger partial charge in [-0.2, -0.15) is 5.26 Å². The third kappa shape index (κ3) is 3.77. The standard InChI is InChI=1S/C13H17N5/c1-10-5-3-6-11(2)13(10)12(9-14)16-7-4-8-17-18-15/h3,5-6,12,16H,4,7-8H2,1-2H3. The maximum absolute atomic E-state index is 9.24. The minimum Gasteiger partial charge on any atom is -0.298 e. The number of hydrogen-bond acceptors (Lipinski definition) is 3. The summed E-state index contributed by atoms with van der Waals surface area (Å²) in [6.45, 7) is 5.13. The lowest BCUT2D eigenvalue weighted by molar-refractivity contribution is 0.603. The Kier molecular flexibility index (Phi) is 5.72. The molecule has 0 aliphatic carbocycles. The van der Waals surface area contributed by atoms with E-state index >= 15 is 0 Å². The summed E-state index contributed by atoms with van der Waals surface area (Å²) in [7, 11) is 0. The fourth-order valence-corrected chi connectivity index (χ4v) is 1.94. The van der Waals surface area contributed by atoms with Gasteiger partial charge < -0.3 is 0 Å². The monoisotopic (exact) mass is 243 g/mol. The van der Waals surface area contributed by atoms with E-state index in [0.717, 1.165) is 23.1 Å². The van der Waals surface area contributed by atoms with Crippen molar-refractivity contribution in [2.75, 3.05) is 13.1 Å². The van der Waals surface area contributed by atoms with Crippen molar-refractivity contribution in [3.8, 4) is 6.07 Å². The van der Waals surface area contributed by atoms with Gasteiger partial charge >= 0.3 is 0 Å². The van der Waals surface area contributed by atoms with E-state index in [1.54, 1.807) is 0 Å². The van der Waals surface area contributed by atoms with Crippen LogP contribution in [0.3, 0.4) is 0 Å². The molecule has 0 saturated carbocycles. The molecule has 0 aliphatic heterocycles. The van der Waals surface area contributed by atoms with E-state index in [9.17, 15) is 5.26 Å². The Balaban J connectivity index is 2.67. The Hall–Kier alpha value is -2.02. The summed E-state index contributed by atoms with van der Waals surface area (Å²) in [6.07, 6.45) is 0.729. The highest BCUT2D eigenvalue weighted by Gasteiger charge is 2.14. The molecule has 1 unspecified atom stereocenters. The lowest BCUT2D eigenvalue weighted by Crippen LogP contribution is -2.23. The van der Waals surface area contributed by atoms with Crippen LogP contribution in [0.4, 0.5) is 0 Å². The van der Waals surface area contributed by atoms with Crippen LogP contribution in [0, 0.1) is 25.2 Å². The van der Waals surface area contributed by atoms with Gasteiger partial charge in [0.25, 0.3) is 0 Å². The number of rotatable bonds is 6. The Morgan fingerprint density at radius 1 is 1.44 bits per heavy atom. The zero-order chi connectivity index (χ0) is 13.4. The highest BCUT2D eigenvalue weighted by atomic mass is 15.1. The molecule has 0 aliphatic rings. The fraction of sp³-hybridized carbons (Fsp3) is 0.462. The molecule has 0 radical (unpaired) electrons. The van der Waals surface area contributed by atoms with Crippen LogP contribution >= 0.6 is 0 Å². The fourth-order valence-electron chi connectivity index (χ4n) is 1.94. The Morgan fingerprint density at radius 2 is 2.11 bits per heavy atom. The van der Waals surface area contributed by atoms with Gasteiger partial charge in [-0.25, -0.2) is 0 Å². The van der Waals surface area contributed by atoms with Crippen LogP contribution in [0.25, 0.3) is 10.4 Å². The minimum absolute atomic E-state index is 0.308. The predicted molar refractivity (Wildman–Crippen MR) is 70.9 cm³/mol. The van der Waals surface area contributed by atoms with Crippen molar-refractivity contribution in [3.63, 3.8) is 0 Å². The molecule has 1 N–H and O–H groups in total. The number of aryl methyl sites for hydroxylation is 2. The first-order valence-electron chi connectivity index (χ1n) is 5.90. The molecule has 1 aromatic carbocycles. The lowest BCUT2D eigenvalue weighted by atomic mass is 9.97. The largest absolute Gasteiger partial charge is 0.298 e. The molecule has 18 heavy (non-hydrogen) atoms. The average molecular weight is 243 g/mol. The van der Waals surface area contributed by atoms with E-state index in [2.05, 4.69) is 21.4 Å². The topological polar surface area (TPSA) is 84.6 Å². The molecular weight excluding hydrogens is 226 g/mol. The number of nitriles is 1. The molecule has 5 heteroatoms. The lowest BCUT2D eigenvalue weighted by Gasteiger charge is -2.16. The minimum atomic E-state index is -0.308. The van der Waals surface area contributed by atoms with Gasteiger partial charge in [0, 0.05) is 11.5 Å². The average Bonchev–Trinajstić information content (AvgIpc) is 2.36. The van der Waals surface area contributed by atoms with Crippen LogP contribution in [0.2, 0.25) is 0 Å². The first-order valence-corrected chi connectivity index (χ1v) is 5.90. The second-order valence-corrected chi connectivity index (χ2v) is 4.13. The van der Waals surface area contributed by atoms with Crippen LogP contribution in [0.15, 0.2) is 23.3 Å². The molecule has 1 rings (SSSR count). The van der Waals surface area contributed by atoms with Crippen molar-refractivity contribution in [1.82, 2.24) is 5.32 Å². The van der Waals surface area contributed by atoms with Crippen LogP contribution in [-0.4, -0.2) is 13.1 Å². The molecule has 94 valence electrons. The zero-order valence-corrected chi connectivity index (χ0v) is 10.7. The SMILES string of the molecule is Cc1cccc(C)c1C(C#N)NCCCN=[N+]=[N-]. The smallest absolute Gasteiger partial charge is 0.121 e. The van der Waals surface area contributed by atoms with Gasteiger partial charge in [0.2, 0.25) is 0 Å². The first-order chi connectivity index (χ1) is 8.70. The highest BCUT2D eigenvalue weighted by molar-refractivity contribution is 5.38. The summed E-state index contributed by atoms with van der Waals surface area (Å²) in [6, 6.07) is 7.98. The third-order valence-corrected chi connectivity index (χ3v) is 2.81. The number of hydrogen-bond donors (Lipinski definition) is 1. The predicted octanol–water partition coefficient (Wildman–Crippen LogP) is 3.16. The summed E-state index contributed by atoms with van der Waals surface area (Å²) < 4.78 is 0. The summed E-state index contributed by atoms with van der Waals surface area (Å²) in [5.41, 5.74) is 11.4. The van der Waals surface area contributed by atoms with Gasteiger partial charge in [0.05, 0.1) is 6.07 Å². The molecule has 0 amide bonds. The van der Waals surface area contributed by atoms with Crippen LogP contribution < -0.4 is 5.32 Å². The molecule has 0 aromatic heterocycles. The van der Waals surface area contributed by atoms with Gasteiger partial charge in [-0.05, 0) is 49.0 Å². The molecule has 0 bridgehead atoms.